The van der Waals surface area contributed by atoms with E-state index in [4.69, 9.17) is 0 Å². The van der Waals surface area contributed by atoms with E-state index in [1.807, 2.05) is 0 Å². The lowest BCUT2D eigenvalue weighted by atomic mass is 10.0. The molecule has 0 aliphatic rings. The maximum Gasteiger partial charge on any atom is 0.0294 e. The molecule has 0 heterocycles. The fourth-order valence-corrected chi connectivity index (χ4v) is 2.24. The standard InChI is InChI=1S/C15H25N/c1-11(2)9-13(4)16-14(5)15-8-6-7-12(3)10-15/h6-8,10-11,13-14,16H,9H2,1-5H3. The maximum absolute atomic E-state index is 3.65. The summed E-state index contributed by atoms with van der Waals surface area (Å²) < 4.78 is 0. The van der Waals surface area contributed by atoms with Crippen molar-refractivity contribution < 1.29 is 0 Å². The zero-order valence-corrected chi connectivity index (χ0v) is 11.2. The first-order chi connectivity index (χ1) is 7.49. The Morgan fingerprint density at radius 1 is 1.12 bits per heavy atom. The molecule has 0 spiro atoms. The Hall–Kier alpha value is -0.820. The normalized spacial score (nSPS) is 15.1. The quantitative estimate of drug-likeness (QED) is 0.787. The molecule has 1 heteroatoms. The van der Waals surface area contributed by atoms with E-state index in [9.17, 15) is 0 Å². The molecule has 2 unspecified atom stereocenters. The molecule has 16 heavy (non-hydrogen) atoms. The molecule has 0 saturated heterocycles. The molecule has 0 aromatic heterocycles. The van der Waals surface area contributed by atoms with Crippen LogP contribution < -0.4 is 5.32 Å². The van der Waals surface area contributed by atoms with Gasteiger partial charge in [0.15, 0.2) is 0 Å². The minimum Gasteiger partial charge on any atom is -0.308 e. The van der Waals surface area contributed by atoms with Gasteiger partial charge in [0.1, 0.15) is 0 Å². The number of nitrogens with one attached hydrogen (secondary N) is 1. The maximum atomic E-state index is 3.65. The first-order valence-electron chi connectivity index (χ1n) is 6.31. The largest absolute Gasteiger partial charge is 0.308 e. The molecule has 0 aliphatic carbocycles. The van der Waals surface area contributed by atoms with Gasteiger partial charge in [0.2, 0.25) is 0 Å². The second-order valence-corrected chi connectivity index (χ2v) is 5.33. The van der Waals surface area contributed by atoms with Crippen LogP contribution in [-0.4, -0.2) is 6.04 Å². The summed E-state index contributed by atoms with van der Waals surface area (Å²) >= 11 is 0. The molecule has 0 radical (unpaired) electrons. The topological polar surface area (TPSA) is 12.0 Å². The van der Waals surface area contributed by atoms with E-state index in [-0.39, 0.29) is 0 Å². The van der Waals surface area contributed by atoms with E-state index >= 15 is 0 Å². The van der Waals surface area contributed by atoms with E-state index in [0.29, 0.717) is 12.1 Å². The van der Waals surface area contributed by atoms with Crippen LogP contribution in [0, 0.1) is 12.8 Å². The Bertz CT molecular complexity index is 317. The van der Waals surface area contributed by atoms with Crippen LogP contribution in [0.4, 0.5) is 0 Å². The first-order valence-corrected chi connectivity index (χ1v) is 6.31. The van der Waals surface area contributed by atoms with E-state index in [0.717, 1.165) is 5.92 Å². The molecule has 0 aliphatic heterocycles. The summed E-state index contributed by atoms with van der Waals surface area (Å²) in [6.45, 7) is 11.2. The van der Waals surface area contributed by atoms with Crippen molar-refractivity contribution >= 4 is 0 Å². The molecule has 1 N–H and O–H groups in total. The number of rotatable bonds is 5. The van der Waals surface area contributed by atoms with Crippen molar-refractivity contribution in [1.82, 2.24) is 5.32 Å². The SMILES string of the molecule is Cc1cccc(C(C)NC(C)CC(C)C)c1. The molecule has 0 saturated carbocycles. The Labute approximate surface area is 100 Å². The minimum absolute atomic E-state index is 0.439. The van der Waals surface area contributed by atoms with Crippen LogP contribution in [-0.2, 0) is 0 Å². The van der Waals surface area contributed by atoms with Crippen LogP contribution in [0.1, 0.15) is 51.3 Å². The van der Waals surface area contributed by atoms with Crippen molar-refractivity contribution in [3.63, 3.8) is 0 Å². The molecule has 0 amide bonds. The van der Waals surface area contributed by atoms with Gasteiger partial charge in [-0.1, -0.05) is 43.7 Å². The predicted molar refractivity (Wildman–Crippen MR) is 71.6 cm³/mol. The lowest BCUT2D eigenvalue weighted by Crippen LogP contribution is -2.30. The van der Waals surface area contributed by atoms with E-state index in [1.165, 1.54) is 17.5 Å². The second-order valence-electron chi connectivity index (χ2n) is 5.33. The van der Waals surface area contributed by atoms with E-state index < -0.39 is 0 Å². The summed E-state index contributed by atoms with van der Waals surface area (Å²) in [5.41, 5.74) is 2.72. The van der Waals surface area contributed by atoms with Crippen molar-refractivity contribution in [3.05, 3.63) is 35.4 Å². The summed E-state index contributed by atoms with van der Waals surface area (Å²) in [6.07, 6.45) is 1.23. The minimum atomic E-state index is 0.439. The van der Waals surface area contributed by atoms with Gasteiger partial charge in [-0.05, 0) is 38.7 Å². The van der Waals surface area contributed by atoms with Gasteiger partial charge < -0.3 is 5.32 Å². The Morgan fingerprint density at radius 2 is 1.81 bits per heavy atom. The average Bonchev–Trinajstić information content (AvgIpc) is 2.16. The third kappa shape index (κ3) is 4.36. The Morgan fingerprint density at radius 3 is 2.38 bits per heavy atom. The molecule has 1 aromatic carbocycles. The molecule has 0 bridgehead atoms. The van der Waals surface area contributed by atoms with Crippen molar-refractivity contribution in [2.75, 3.05) is 0 Å². The van der Waals surface area contributed by atoms with Gasteiger partial charge in [-0.15, -0.1) is 0 Å². The third-order valence-electron chi connectivity index (χ3n) is 2.90. The van der Waals surface area contributed by atoms with Gasteiger partial charge >= 0.3 is 0 Å². The number of hydrogen-bond donors (Lipinski definition) is 1. The summed E-state index contributed by atoms with van der Waals surface area (Å²) in [6, 6.07) is 9.76. The predicted octanol–water partition coefficient (Wildman–Crippen LogP) is 4.08. The second kappa shape index (κ2) is 6.05. The van der Waals surface area contributed by atoms with Gasteiger partial charge in [-0.3, -0.25) is 0 Å². The average molecular weight is 219 g/mol. The van der Waals surface area contributed by atoms with E-state index in [2.05, 4.69) is 64.2 Å². The van der Waals surface area contributed by atoms with Gasteiger partial charge in [0, 0.05) is 12.1 Å². The highest BCUT2D eigenvalue weighted by Gasteiger charge is 2.10. The van der Waals surface area contributed by atoms with Crippen molar-refractivity contribution in [1.29, 1.82) is 0 Å². The smallest absolute Gasteiger partial charge is 0.0294 e. The Kier molecular flexibility index (Phi) is 5.01. The number of hydrogen-bond acceptors (Lipinski definition) is 1. The van der Waals surface area contributed by atoms with Gasteiger partial charge in [-0.2, -0.15) is 0 Å². The van der Waals surface area contributed by atoms with Crippen LogP contribution in [0.2, 0.25) is 0 Å². The van der Waals surface area contributed by atoms with Crippen molar-refractivity contribution in [2.45, 2.75) is 53.1 Å². The van der Waals surface area contributed by atoms with Gasteiger partial charge in [-0.25, -0.2) is 0 Å². The molecule has 90 valence electrons. The summed E-state index contributed by atoms with van der Waals surface area (Å²) in [5.74, 6) is 0.757. The van der Waals surface area contributed by atoms with Crippen LogP contribution >= 0.6 is 0 Å². The van der Waals surface area contributed by atoms with Crippen LogP contribution in [0.15, 0.2) is 24.3 Å². The lowest BCUT2D eigenvalue weighted by Gasteiger charge is -2.22. The fourth-order valence-electron chi connectivity index (χ4n) is 2.24. The Balaban J connectivity index is 2.55. The van der Waals surface area contributed by atoms with Crippen molar-refractivity contribution in [3.8, 4) is 0 Å². The fraction of sp³-hybridized carbons (Fsp3) is 0.600. The van der Waals surface area contributed by atoms with Crippen LogP contribution in [0.5, 0.6) is 0 Å². The molecular formula is C15H25N. The van der Waals surface area contributed by atoms with E-state index in [1.54, 1.807) is 0 Å². The molecule has 1 rings (SSSR count). The summed E-state index contributed by atoms with van der Waals surface area (Å²) in [4.78, 5) is 0. The van der Waals surface area contributed by atoms with Crippen molar-refractivity contribution in [2.24, 2.45) is 5.92 Å². The van der Waals surface area contributed by atoms with Crippen LogP contribution in [0.3, 0.4) is 0 Å². The zero-order valence-electron chi connectivity index (χ0n) is 11.2. The third-order valence-corrected chi connectivity index (χ3v) is 2.90. The summed E-state index contributed by atoms with van der Waals surface area (Å²) in [5, 5.41) is 3.65. The number of aryl methyl sites for hydroxylation is 1. The highest BCUT2D eigenvalue weighted by molar-refractivity contribution is 5.24. The first kappa shape index (κ1) is 13.2. The number of benzene rings is 1. The highest BCUT2D eigenvalue weighted by Crippen LogP contribution is 2.16. The summed E-state index contributed by atoms with van der Waals surface area (Å²) in [7, 11) is 0. The highest BCUT2D eigenvalue weighted by atomic mass is 14.9. The molecular weight excluding hydrogens is 194 g/mol. The lowest BCUT2D eigenvalue weighted by molar-refractivity contribution is 0.407. The molecule has 1 aromatic rings. The molecule has 2 atom stereocenters. The van der Waals surface area contributed by atoms with Crippen LogP contribution in [0.25, 0.3) is 0 Å². The van der Waals surface area contributed by atoms with Gasteiger partial charge in [0.25, 0.3) is 0 Å². The zero-order chi connectivity index (χ0) is 12.1. The monoisotopic (exact) mass is 219 g/mol. The van der Waals surface area contributed by atoms with Gasteiger partial charge in [0.05, 0.1) is 0 Å². The molecule has 1 nitrogen and oxygen atoms in total. The molecule has 0 fully saturated rings.